The van der Waals surface area contributed by atoms with Gasteiger partial charge in [-0.05, 0) is 0 Å². The van der Waals surface area contributed by atoms with E-state index in [1.807, 2.05) is 0 Å². The molecule has 0 rings (SSSR count). The molecule has 3 N–H and O–H groups in total. The lowest BCUT2D eigenvalue weighted by molar-refractivity contribution is -0.136. The van der Waals surface area contributed by atoms with Gasteiger partial charge in [-0.25, -0.2) is 4.79 Å². The maximum atomic E-state index is 9.47. The summed E-state index contributed by atoms with van der Waals surface area (Å²) in [5.41, 5.74) is 4.65. The second-order valence-corrected chi connectivity index (χ2v) is 1.27. The average Bonchev–Trinajstić information content (AvgIpc) is 1.36. The molecule has 4 heteroatoms. The summed E-state index contributed by atoms with van der Waals surface area (Å²) in [5.74, 6) is -1.15. The second kappa shape index (κ2) is 2.04. The summed E-state index contributed by atoms with van der Waals surface area (Å²) in [6.45, 7) is 0. The zero-order chi connectivity index (χ0) is 5.15. The van der Waals surface area contributed by atoms with Crippen molar-refractivity contribution in [3.63, 3.8) is 0 Å². The van der Waals surface area contributed by atoms with Crippen LogP contribution in [0.4, 0.5) is 0 Å². The van der Waals surface area contributed by atoms with Crippen molar-refractivity contribution < 1.29 is 9.90 Å². The molecule has 0 aromatic carbocycles. The maximum absolute atomic E-state index is 9.47. The van der Waals surface area contributed by atoms with Crippen molar-refractivity contribution in [2.24, 2.45) is 5.73 Å². The lowest BCUT2D eigenvalue weighted by Gasteiger charge is -1.87. The Balaban J connectivity index is 3.26. The van der Waals surface area contributed by atoms with Gasteiger partial charge in [-0.2, -0.15) is 0 Å². The zero-order valence-corrected chi connectivity index (χ0v) is 3.73. The van der Waals surface area contributed by atoms with E-state index in [4.69, 9.17) is 5.11 Å². The van der Waals surface area contributed by atoms with Crippen LogP contribution < -0.4 is 5.73 Å². The molecule has 0 saturated carbocycles. The normalized spacial score (nSPS) is 13.7. The van der Waals surface area contributed by atoms with Crippen molar-refractivity contribution in [1.82, 2.24) is 0 Å². The molecule has 6 heavy (non-hydrogen) atoms. The van der Waals surface area contributed by atoms with Crippen LogP contribution in [0, 0.1) is 0 Å². The number of hydrogen-bond acceptors (Lipinski definition) is 2. The molecular formula is C2H4NO2S. The summed E-state index contributed by atoms with van der Waals surface area (Å²) in [7, 11) is 0. The molecule has 0 bridgehead atoms. The van der Waals surface area contributed by atoms with Gasteiger partial charge in [-0.1, -0.05) is 12.6 Å². The molecule has 0 aromatic rings. The van der Waals surface area contributed by atoms with E-state index in [9.17, 15) is 4.79 Å². The Kier molecular flexibility index (Phi) is 1.97. The van der Waals surface area contributed by atoms with Crippen LogP contribution in [0.2, 0.25) is 0 Å². The third-order valence-corrected chi connectivity index (χ3v) is 0.445. The first-order valence-electron chi connectivity index (χ1n) is 1.29. The Morgan fingerprint density at radius 1 is 2.00 bits per heavy atom. The number of carbonyl (C=O) groups is 1. The third kappa shape index (κ3) is 2.04. The summed E-state index contributed by atoms with van der Waals surface area (Å²) in [5, 5.41) is 6.61. The number of nitrogens with two attached hydrogens (primary N) is 1. The van der Waals surface area contributed by atoms with Crippen molar-refractivity contribution in [3.8, 4) is 0 Å². The fourth-order valence-corrected chi connectivity index (χ4v) is 0. The molecule has 1 atom stereocenters. The molecule has 1 unspecified atom stereocenters. The van der Waals surface area contributed by atoms with E-state index in [1.165, 1.54) is 0 Å². The average molecular weight is 106 g/mol. The van der Waals surface area contributed by atoms with Crippen LogP contribution >= 0.6 is 12.6 Å². The molecule has 0 aliphatic rings. The Morgan fingerprint density at radius 2 is 2.17 bits per heavy atom. The fourth-order valence-electron chi connectivity index (χ4n) is 0. The van der Waals surface area contributed by atoms with Crippen LogP contribution in [0.15, 0.2) is 0 Å². The maximum Gasteiger partial charge on any atom is 0.331 e. The van der Waals surface area contributed by atoms with Crippen LogP contribution in [0.3, 0.4) is 0 Å². The Labute approximate surface area is 40.6 Å². The standard InChI is InChI=1S/C2H4NO2S/c3-1(6)2(4)5/h1H,3H2,(H,4,5). The lowest BCUT2D eigenvalue weighted by atomic mass is 10.7. The van der Waals surface area contributed by atoms with Gasteiger partial charge in [0.15, 0.2) is 5.37 Å². The first-order valence-corrected chi connectivity index (χ1v) is 1.76. The summed E-state index contributed by atoms with van der Waals surface area (Å²) in [6.07, 6.45) is 0. The van der Waals surface area contributed by atoms with Gasteiger partial charge in [0.1, 0.15) is 0 Å². The van der Waals surface area contributed by atoms with Crippen molar-refractivity contribution in [2.75, 3.05) is 0 Å². The van der Waals surface area contributed by atoms with Crippen LogP contribution in [0.5, 0.6) is 0 Å². The molecule has 0 fully saturated rings. The van der Waals surface area contributed by atoms with Gasteiger partial charge in [0, 0.05) is 0 Å². The summed E-state index contributed by atoms with van der Waals surface area (Å²) in [4.78, 5) is 9.47. The van der Waals surface area contributed by atoms with E-state index < -0.39 is 11.3 Å². The molecule has 0 aromatic heterocycles. The van der Waals surface area contributed by atoms with Gasteiger partial charge in [-0.3, -0.25) is 0 Å². The highest BCUT2D eigenvalue weighted by Gasteiger charge is 2.02. The van der Waals surface area contributed by atoms with Gasteiger partial charge >= 0.3 is 5.97 Å². The van der Waals surface area contributed by atoms with Gasteiger partial charge in [-0.15, -0.1) is 0 Å². The predicted octanol–water partition coefficient (Wildman–Crippen LogP) is -0.447. The van der Waals surface area contributed by atoms with Crippen molar-refractivity contribution in [2.45, 2.75) is 5.37 Å². The van der Waals surface area contributed by atoms with Crippen molar-refractivity contribution in [3.05, 3.63) is 0 Å². The van der Waals surface area contributed by atoms with Crippen LogP contribution in [-0.4, -0.2) is 16.4 Å². The van der Waals surface area contributed by atoms with E-state index in [0.29, 0.717) is 0 Å². The predicted molar refractivity (Wildman–Crippen MR) is 23.2 cm³/mol. The summed E-state index contributed by atoms with van der Waals surface area (Å²) >= 11 is 4.08. The van der Waals surface area contributed by atoms with Crippen molar-refractivity contribution >= 4 is 18.6 Å². The summed E-state index contributed by atoms with van der Waals surface area (Å²) < 4.78 is 0. The zero-order valence-electron chi connectivity index (χ0n) is 2.92. The molecule has 0 heterocycles. The van der Waals surface area contributed by atoms with E-state index in [0.717, 1.165) is 0 Å². The van der Waals surface area contributed by atoms with Crippen LogP contribution in [0.25, 0.3) is 0 Å². The molecule has 3 nitrogen and oxygen atoms in total. The minimum Gasteiger partial charge on any atom is -0.479 e. The van der Waals surface area contributed by atoms with Gasteiger partial charge < -0.3 is 10.8 Å². The van der Waals surface area contributed by atoms with Crippen molar-refractivity contribution in [1.29, 1.82) is 0 Å². The highest BCUT2D eigenvalue weighted by molar-refractivity contribution is 7.81. The molecule has 0 spiro atoms. The number of aliphatic carboxylic acids is 1. The molecule has 0 saturated heterocycles. The van der Waals surface area contributed by atoms with E-state index in [1.54, 1.807) is 0 Å². The van der Waals surface area contributed by atoms with E-state index in [2.05, 4.69) is 18.4 Å². The second-order valence-electron chi connectivity index (χ2n) is 0.759. The highest BCUT2D eigenvalue weighted by Crippen LogP contribution is 1.79. The number of rotatable bonds is 1. The first-order chi connectivity index (χ1) is 2.64. The number of carboxylic acid groups (broad SMARTS) is 1. The first kappa shape index (κ1) is 5.78. The number of hydrogen-bond donors (Lipinski definition) is 2. The number of carboxylic acids is 1. The van der Waals surface area contributed by atoms with Gasteiger partial charge in [0.2, 0.25) is 0 Å². The SMILES string of the molecule is NC([S])C(=O)O. The molecule has 0 aliphatic carbocycles. The minimum absolute atomic E-state index is 1.15. The topological polar surface area (TPSA) is 63.3 Å². The molecule has 0 amide bonds. The fraction of sp³-hybridized carbons (Fsp3) is 0.500. The van der Waals surface area contributed by atoms with E-state index in [-0.39, 0.29) is 0 Å². The Bertz CT molecular complexity index is 62.6. The smallest absolute Gasteiger partial charge is 0.331 e. The molecule has 0 aliphatic heterocycles. The largest absolute Gasteiger partial charge is 0.479 e. The molecule has 1 radical (unpaired) electrons. The van der Waals surface area contributed by atoms with Gasteiger partial charge in [0.05, 0.1) is 0 Å². The summed E-state index contributed by atoms with van der Waals surface area (Å²) in [6, 6.07) is 0. The van der Waals surface area contributed by atoms with Crippen LogP contribution in [-0.2, 0) is 4.79 Å². The Hall–Kier alpha value is -0.220. The molecular weight excluding hydrogens is 102 g/mol. The third-order valence-electron chi connectivity index (χ3n) is 0.243. The quantitative estimate of drug-likeness (QED) is 0.476. The monoisotopic (exact) mass is 106 g/mol. The molecule has 35 valence electrons. The van der Waals surface area contributed by atoms with Gasteiger partial charge in [0.25, 0.3) is 0 Å². The minimum atomic E-state index is -1.15. The lowest BCUT2D eigenvalue weighted by Crippen LogP contribution is -2.22. The Morgan fingerprint density at radius 3 is 2.17 bits per heavy atom. The van der Waals surface area contributed by atoms with Crippen LogP contribution in [0.1, 0.15) is 0 Å². The van der Waals surface area contributed by atoms with E-state index >= 15 is 0 Å². The highest BCUT2D eigenvalue weighted by atomic mass is 32.1.